The van der Waals surface area contributed by atoms with Gasteiger partial charge in [-0.15, -0.1) is 0 Å². The highest BCUT2D eigenvalue weighted by Gasteiger charge is 2.39. The van der Waals surface area contributed by atoms with Gasteiger partial charge in [0, 0.05) is 0 Å². The van der Waals surface area contributed by atoms with Gasteiger partial charge in [0.2, 0.25) is 0 Å². The minimum atomic E-state index is -0.902. The maximum absolute atomic E-state index is 2.71. The minimum absolute atomic E-state index is 0.902. The summed E-state index contributed by atoms with van der Waals surface area (Å²) in [6.07, 6.45) is 15.5. The predicted octanol–water partition coefficient (Wildman–Crippen LogP) is 5.36. The van der Waals surface area contributed by atoms with Crippen molar-refractivity contribution in [1.82, 2.24) is 0 Å². The molecule has 15 heavy (non-hydrogen) atoms. The predicted molar refractivity (Wildman–Crippen MR) is 71.2 cm³/mol. The van der Waals surface area contributed by atoms with Gasteiger partial charge in [0.25, 0.3) is 0 Å². The van der Waals surface area contributed by atoms with Crippen molar-refractivity contribution < 1.29 is 0 Å². The molecule has 0 spiro atoms. The molecular formula is C14H28Si. The first-order valence-electron chi connectivity index (χ1n) is 7.21. The lowest BCUT2D eigenvalue weighted by molar-refractivity contribution is 0.454. The van der Waals surface area contributed by atoms with E-state index in [-0.39, 0.29) is 0 Å². The van der Waals surface area contributed by atoms with Gasteiger partial charge in [0.15, 0.2) is 0 Å². The Morgan fingerprint density at radius 3 is 1.27 bits per heavy atom. The Balaban J connectivity index is 1.96. The van der Waals surface area contributed by atoms with E-state index in [9.17, 15) is 0 Å². The van der Waals surface area contributed by atoms with Crippen LogP contribution in [0.4, 0.5) is 0 Å². The number of hydrogen-bond acceptors (Lipinski definition) is 0. The van der Waals surface area contributed by atoms with Crippen LogP contribution in [-0.2, 0) is 0 Å². The second kappa shape index (κ2) is 5.03. The van der Waals surface area contributed by atoms with Crippen LogP contribution in [0.2, 0.25) is 24.2 Å². The summed E-state index contributed by atoms with van der Waals surface area (Å²) in [5, 5.41) is 0. The molecule has 2 rings (SSSR count). The summed E-state index contributed by atoms with van der Waals surface area (Å²) in [5.41, 5.74) is 2.35. The van der Waals surface area contributed by atoms with Gasteiger partial charge in [-0.25, -0.2) is 0 Å². The minimum Gasteiger partial charge on any atom is -0.0689 e. The molecule has 0 N–H and O–H groups in total. The Hall–Kier alpha value is 0.217. The van der Waals surface area contributed by atoms with E-state index in [1.54, 1.807) is 25.7 Å². The van der Waals surface area contributed by atoms with Crippen molar-refractivity contribution in [1.29, 1.82) is 0 Å². The molecule has 0 aliphatic heterocycles. The van der Waals surface area contributed by atoms with Crippen molar-refractivity contribution in [2.75, 3.05) is 0 Å². The fourth-order valence-electron chi connectivity index (χ4n) is 4.03. The third-order valence-electron chi connectivity index (χ3n) is 5.31. The Bertz CT molecular complexity index is 166. The van der Waals surface area contributed by atoms with Crippen LogP contribution in [0.25, 0.3) is 0 Å². The van der Waals surface area contributed by atoms with Crippen LogP contribution in [0.3, 0.4) is 0 Å². The molecule has 1 heteroatoms. The van der Waals surface area contributed by atoms with Crippen molar-refractivity contribution in [2.24, 2.45) is 0 Å². The molecule has 0 aromatic heterocycles. The van der Waals surface area contributed by atoms with Crippen LogP contribution in [-0.4, -0.2) is 8.07 Å². The van der Waals surface area contributed by atoms with Crippen LogP contribution in [0.5, 0.6) is 0 Å². The first-order chi connectivity index (χ1) is 7.21. The van der Waals surface area contributed by atoms with E-state index in [0.29, 0.717) is 0 Å². The van der Waals surface area contributed by atoms with Crippen molar-refractivity contribution in [2.45, 2.75) is 88.4 Å². The topological polar surface area (TPSA) is 0 Å². The zero-order valence-corrected chi connectivity index (χ0v) is 11.7. The highest BCUT2D eigenvalue weighted by molar-refractivity contribution is 6.80. The van der Waals surface area contributed by atoms with Gasteiger partial charge < -0.3 is 0 Å². The highest BCUT2D eigenvalue weighted by atomic mass is 28.3. The van der Waals surface area contributed by atoms with Gasteiger partial charge in [-0.05, 0) is 11.1 Å². The van der Waals surface area contributed by atoms with E-state index in [0.717, 1.165) is 0 Å². The number of hydrogen-bond donors (Lipinski definition) is 0. The average molecular weight is 224 g/mol. The van der Waals surface area contributed by atoms with Crippen LogP contribution < -0.4 is 0 Å². The van der Waals surface area contributed by atoms with Crippen molar-refractivity contribution in [3.63, 3.8) is 0 Å². The zero-order valence-electron chi connectivity index (χ0n) is 10.7. The lowest BCUT2D eigenvalue weighted by Crippen LogP contribution is -2.40. The molecule has 0 aromatic carbocycles. The second-order valence-corrected chi connectivity index (χ2v) is 11.8. The zero-order chi connectivity index (χ0) is 10.7. The van der Waals surface area contributed by atoms with Crippen molar-refractivity contribution in [3.8, 4) is 0 Å². The summed E-state index contributed by atoms with van der Waals surface area (Å²) in [6.45, 7) is 5.41. The van der Waals surface area contributed by atoms with Crippen molar-refractivity contribution >= 4 is 8.07 Å². The summed E-state index contributed by atoms with van der Waals surface area (Å²) in [7, 11) is -0.902. The molecule has 0 radical (unpaired) electrons. The van der Waals surface area contributed by atoms with E-state index >= 15 is 0 Å². The molecule has 0 amide bonds. The molecule has 0 nitrogen and oxygen atoms in total. The van der Waals surface area contributed by atoms with Gasteiger partial charge in [-0.2, -0.15) is 0 Å². The van der Waals surface area contributed by atoms with E-state index < -0.39 is 8.07 Å². The largest absolute Gasteiger partial charge is 0.0689 e. The molecule has 0 aromatic rings. The Labute approximate surface area is 96.9 Å². The Morgan fingerprint density at radius 2 is 0.933 bits per heavy atom. The fourth-order valence-corrected chi connectivity index (χ4v) is 8.49. The Morgan fingerprint density at radius 1 is 0.600 bits per heavy atom. The van der Waals surface area contributed by atoms with E-state index in [4.69, 9.17) is 0 Å². The molecule has 0 saturated heterocycles. The smallest absolute Gasteiger partial charge is 0.0535 e. The SMILES string of the molecule is C[Si](C)(C1CCCCC1)C1CCCCC1. The van der Waals surface area contributed by atoms with Gasteiger partial charge >= 0.3 is 0 Å². The number of rotatable bonds is 2. The van der Waals surface area contributed by atoms with Crippen molar-refractivity contribution in [3.05, 3.63) is 0 Å². The van der Waals surface area contributed by atoms with E-state index in [1.165, 1.54) is 49.6 Å². The Kier molecular flexibility index (Phi) is 3.92. The quantitative estimate of drug-likeness (QED) is 0.554. The monoisotopic (exact) mass is 224 g/mol. The summed E-state index contributed by atoms with van der Waals surface area (Å²) in [6, 6.07) is 0. The molecule has 0 unspecified atom stereocenters. The maximum atomic E-state index is 2.71. The van der Waals surface area contributed by atoms with Crippen LogP contribution in [0.1, 0.15) is 64.2 Å². The first-order valence-corrected chi connectivity index (χ1v) is 10.4. The molecule has 2 fully saturated rings. The first kappa shape index (κ1) is 11.7. The standard InChI is InChI=1S/C14H28Si/c1-15(2,13-9-5-3-6-10-13)14-11-7-4-8-12-14/h13-14H,3-12H2,1-2H3. The summed E-state index contributed by atoms with van der Waals surface area (Å²) < 4.78 is 0. The van der Waals surface area contributed by atoms with E-state index in [2.05, 4.69) is 13.1 Å². The molecular weight excluding hydrogens is 196 g/mol. The van der Waals surface area contributed by atoms with Crippen LogP contribution >= 0.6 is 0 Å². The average Bonchev–Trinajstić information content (AvgIpc) is 2.31. The summed E-state index contributed by atoms with van der Waals surface area (Å²) >= 11 is 0. The van der Waals surface area contributed by atoms with Gasteiger partial charge in [-0.3, -0.25) is 0 Å². The van der Waals surface area contributed by atoms with Gasteiger partial charge in [0.05, 0.1) is 8.07 Å². The molecule has 0 heterocycles. The normalized spacial score (nSPS) is 26.8. The summed E-state index contributed by atoms with van der Waals surface area (Å²) in [5.74, 6) is 0. The fraction of sp³-hybridized carbons (Fsp3) is 1.00. The molecule has 2 aliphatic carbocycles. The van der Waals surface area contributed by atoms with Crippen LogP contribution in [0.15, 0.2) is 0 Å². The maximum Gasteiger partial charge on any atom is 0.0535 e. The van der Waals surface area contributed by atoms with Gasteiger partial charge in [-0.1, -0.05) is 77.3 Å². The molecule has 88 valence electrons. The van der Waals surface area contributed by atoms with Crippen LogP contribution in [0, 0.1) is 0 Å². The lowest BCUT2D eigenvalue weighted by Gasteiger charge is -2.43. The third-order valence-corrected chi connectivity index (χ3v) is 10.7. The molecule has 0 bridgehead atoms. The lowest BCUT2D eigenvalue weighted by atomic mass is 9.99. The molecule has 0 atom stereocenters. The van der Waals surface area contributed by atoms with Gasteiger partial charge in [0.1, 0.15) is 0 Å². The molecule has 2 saturated carbocycles. The second-order valence-electron chi connectivity index (χ2n) is 6.49. The van der Waals surface area contributed by atoms with E-state index in [1.807, 2.05) is 0 Å². The summed E-state index contributed by atoms with van der Waals surface area (Å²) in [4.78, 5) is 0. The third kappa shape index (κ3) is 2.67. The highest BCUT2D eigenvalue weighted by Crippen LogP contribution is 2.47. The molecule has 2 aliphatic rings.